The predicted molar refractivity (Wildman–Crippen MR) is 62.8 cm³/mol. The monoisotopic (exact) mass is 252 g/mol. The molecule has 1 unspecified atom stereocenters. The minimum atomic E-state index is -0.944. The Kier molecular flexibility index (Phi) is 3.50. The first kappa shape index (κ1) is 12.4. The van der Waals surface area contributed by atoms with Gasteiger partial charge in [-0.15, -0.1) is 0 Å². The Morgan fingerprint density at radius 2 is 2.39 bits per heavy atom. The van der Waals surface area contributed by atoms with E-state index in [0.717, 1.165) is 12.1 Å². The van der Waals surface area contributed by atoms with Crippen LogP contribution in [0.3, 0.4) is 0 Å². The van der Waals surface area contributed by atoms with Crippen molar-refractivity contribution in [2.24, 2.45) is 7.05 Å². The molecular weight excluding hydrogens is 236 g/mol. The van der Waals surface area contributed by atoms with Crippen molar-refractivity contribution < 1.29 is 14.7 Å². The molecule has 1 aliphatic heterocycles. The molecule has 2 N–H and O–H groups in total. The Labute approximate surface area is 104 Å². The molecule has 2 rings (SSSR count). The van der Waals surface area contributed by atoms with Gasteiger partial charge in [0.2, 0.25) is 0 Å². The maximum Gasteiger partial charge on any atom is 0.326 e. The summed E-state index contributed by atoms with van der Waals surface area (Å²) in [4.78, 5) is 24.2. The first-order chi connectivity index (χ1) is 8.58. The van der Waals surface area contributed by atoms with Gasteiger partial charge in [0.05, 0.1) is 12.2 Å². The minimum absolute atomic E-state index is 0.308. The molecule has 7 nitrogen and oxygen atoms in total. The second kappa shape index (κ2) is 5.07. The third-order valence-corrected chi connectivity index (χ3v) is 2.99. The van der Waals surface area contributed by atoms with Gasteiger partial charge in [0.15, 0.2) is 0 Å². The number of amides is 2. The quantitative estimate of drug-likeness (QED) is 0.803. The van der Waals surface area contributed by atoms with E-state index >= 15 is 0 Å². The molecule has 1 aromatic rings. The highest BCUT2D eigenvalue weighted by Crippen LogP contribution is 2.17. The van der Waals surface area contributed by atoms with Crippen molar-refractivity contribution >= 4 is 12.0 Å². The van der Waals surface area contributed by atoms with E-state index in [-0.39, 0.29) is 6.03 Å². The van der Waals surface area contributed by atoms with Gasteiger partial charge >= 0.3 is 12.0 Å². The van der Waals surface area contributed by atoms with Crippen LogP contribution in [0.15, 0.2) is 12.3 Å². The first-order valence-corrected chi connectivity index (χ1v) is 5.83. The molecule has 0 aliphatic carbocycles. The van der Waals surface area contributed by atoms with Crippen molar-refractivity contribution in [1.29, 1.82) is 0 Å². The van der Waals surface area contributed by atoms with Crippen LogP contribution in [-0.2, 0) is 18.4 Å². The van der Waals surface area contributed by atoms with E-state index in [1.165, 1.54) is 4.90 Å². The lowest BCUT2D eigenvalue weighted by Gasteiger charge is -2.21. The van der Waals surface area contributed by atoms with Gasteiger partial charge in [-0.05, 0) is 18.9 Å². The number of carbonyl (C=O) groups excluding carboxylic acids is 1. The van der Waals surface area contributed by atoms with E-state index in [9.17, 15) is 9.59 Å². The van der Waals surface area contributed by atoms with Gasteiger partial charge in [0.1, 0.15) is 6.04 Å². The number of nitrogens with zero attached hydrogens (tertiary/aromatic N) is 3. The highest BCUT2D eigenvalue weighted by atomic mass is 16.4. The summed E-state index contributed by atoms with van der Waals surface area (Å²) in [7, 11) is 1.80. The first-order valence-electron chi connectivity index (χ1n) is 5.83. The van der Waals surface area contributed by atoms with Gasteiger partial charge < -0.3 is 15.3 Å². The average Bonchev–Trinajstić information content (AvgIpc) is 2.94. The molecule has 1 aromatic heterocycles. The summed E-state index contributed by atoms with van der Waals surface area (Å²) in [5.41, 5.74) is 0.747. The smallest absolute Gasteiger partial charge is 0.326 e. The molecule has 98 valence electrons. The summed E-state index contributed by atoms with van der Waals surface area (Å²) in [6, 6.07) is 0.762. The zero-order valence-electron chi connectivity index (χ0n) is 10.2. The zero-order chi connectivity index (χ0) is 13.1. The molecule has 2 amide bonds. The molecule has 0 spiro atoms. The lowest BCUT2D eigenvalue weighted by molar-refractivity contribution is -0.141. The Hall–Kier alpha value is -2.05. The molecule has 7 heteroatoms. The van der Waals surface area contributed by atoms with Crippen LogP contribution in [0.2, 0.25) is 0 Å². The molecular formula is C11H16N4O3. The number of urea groups is 1. The van der Waals surface area contributed by atoms with Crippen molar-refractivity contribution in [3.8, 4) is 0 Å². The number of carbonyl (C=O) groups is 2. The summed E-state index contributed by atoms with van der Waals surface area (Å²) in [6.45, 7) is 0.799. The Morgan fingerprint density at radius 1 is 1.61 bits per heavy atom. The van der Waals surface area contributed by atoms with Gasteiger partial charge in [-0.1, -0.05) is 0 Å². The lowest BCUT2D eigenvalue weighted by atomic mass is 10.2. The summed E-state index contributed by atoms with van der Waals surface area (Å²) >= 11 is 0. The SMILES string of the molecule is Cn1ccc(CNC(=O)N2CCCC2C(=O)O)n1. The number of aliphatic carboxylic acids is 1. The fourth-order valence-corrected chi connectivity index (χ4v) is 2.09. The molecule has 0 bridgehead atoms. The number of aryl methyl sites for hydroxylation is 1. The molecule has 0 radical (unpaired) electrons. The second-order valence-electron chi connectivity index (χ2n) is 4.33. The molecule has 0 aromatic carbocycles. The maximum absolute atomic E-state index is 11.9. The second-order valence-corrected chi connectivity index (χ2v) is 4.33. The molecule has 2 heterocycles. The van der Waals surface area contributed by atoms with Crippen LogP contribution in [-0.4, -0.2) is 44.4 Å². The summed E-state index contributed by atoms with van der Waals surface area (Å²) < 4.78 is 1.65. The topological polar surface area (TPSA) is 87.5 Å². The number of rotatable bonds is 3. The fourth-order valence-electron chi connectivity index (χ4n) is 2.09. The van der Waals surface area contributed by atoms with E-state index in [1.54, 1.807) is 24.0 Å². The van der Waals surface area contributed by atoms with Gasteiger partial charge in [0, 0.05) is 19.8 Å². The largest absolute Gasteiger partial charge is 0.480 e. The Balaban J connectivity index is 1.89. The van der Waals surface area contributed by atoms with E-state index in [1.807, 2.05) is 0 Å². The van der Waals surface area contributed by atoms with Gasteiger partial charge in [-0.3, -0.25) is 4.68 Å². The number of aromatic nitrogens is 2. The van der Waals surface area contributed by atoms with Crippen LogP contribution >= 0.6 is 0 Å². The molecule has 1 fully saturated rings. The van der Waals surface area contributed by atoms with Crippen LogP contribution in [0.1, 0.15) is 18.5 Å². The van der Waals surface area contributed by atoms with Crippen LogP contribution < -0.4 is 5.32 Å². The Morgan fingerprint density at radius 3 is 3.00 bits per heavy atom. The zero-order valence-corrected chi connectivity index (χ0v) is 10.2. The number of likely N-dealkylation sites (tertiary alicyclic amines) is 1. The third kappa shape index (κ3) is 2.61. The van der Waals surface area contributed by atoms with Crippen LogP contribution in [0.25, 0.3) is 0 Å². The average molecular weight is 252 g/mol. The van der Waals surface area contributed by atoms with Crippen molar-refractivity contribution in [1.82, 2.24) is 20.0 Å². The molecule has 1 atom stereocenters. The fraction of sp³-hybridized carbons (Fsp3) is 0.545. The highest BCUT2D eigenvalue weighted by molar-refractivity contribution is 5.83. The van der Waals surface area contributed by atoms with Crippen molar-refractivity contribution in [3.05, 3.63) is 18.0 Å². The van der Waals surface area contributed by atoms with Gasteiger partial charge in [0.25, 0.3) is 0 Å². The van der Waals surface area contributed by atoms with Crippen molar-refractivity contribution in [2.75, 3.05) is 6.54 Å². The number of carboxylic acids is 1. The maximum atomic E-state index is 11.9. The van der Waals surface area contributed by atoms with Crippen LogP contribution in [0.5, 0.6) is 0 Å². The molecule has 1 saturated heterocycles. The summed E-state index contributed by atoms with van der Waals surface area (Å²) in [5, 5.41) is 15.8. The normalized spacial score (nSPS) is 18.9. The lowest BCUT2D eigenvalue weighted by Crippen LogP contribution is -2.45. The molecule has 0 saturated carbocycles. The Bertz CT molecular complexity index is 457. The molecule has 18 heavy (non-hydrogen) atoms. The van der Waals surface area contributed by atoms with E-state index in [2.05, 4.69) is 10.4 Å². The molecule has 1 aliphatic rings. The number of nitrogens with one attached hydrogen (secondary N) is 1. The van der Waals surface area contributed by atoms with Gasteiger partial charge in [-0.25, -0.2) is 9.59 Å². The van der Waals surface area contributed by atoms with Crippen molar-refractivity contribution in [3.63, 3.8) is 0 Å². The van der Waals surface area contributed by atoms with Crippen LogP contribution in [0.4, 0.5) is 4.79 Å². The number of hydrogen-bond acceptors (Lipinski definition) is 3. The predicted octanol–water partition coefficient (Wildman–Crippen LogP) is 0.179. The third-order valence-electron chi connectivity index (χ3n) is 2.99. The van der Waals surface area contributed by atoms with E-state index in [4.69, 9.17) is 5.11 Å². The van der Waals surface area contributed by atoms with Crippen molar-refractivity contribution in [2.45, 2.75) is 25.4 Å². The van der Waals surface area contributed by atoms with E-state index in [0.29, 0.717) is 19.5 Å². The summed E-state index contributed by atoms with van der Waals surface area (Å²) in [6.07, 6.45) is 3.04. The van der Waals surface area contributed by atoms with E-state index < -0.39 is 12.0 Å². The van der Waals surface area contributed by atoms with Gasteiger partial charge in [-0.2, -0.15) is 5.10 Å². The summed E-state index contributed by atoms with van der Waals surface area (Å²) in [5.74, 6) is -0.944. The highest BCUT2D eigenvalue weighted by Gasteiger charge is 2.33. The number of hydrogen-bond donors (Lipinski definition) is 2. The minimum Gasteiger partial charge on any atom is -0.480 e. The number of carboxylic acid groups (broad SMARTS) is 1. The van der Waals surface area contributed by atoms with Crippen LogP contribution in [0, 0.1) is 0 Å². The standard InChI is InChI=1S/C11H16N4O3/c1-14-6-4-8(13-14)7-12-11(18)15-5-2-3-9(15)10(16)17/h4,6,9H,2-3,5,7H2,1H3,(H,12,18)(H,16,17).